The van der Waals surface area contributed by atoms with E-state index in [1.54, 1.807) is 0 Å². The predicted octanol–water partition coefficient (Wildman–Crippen LogP) is 1.61. The Kier molecular flexibility index (Phi) is 11.9. The van der Waals surface area contributed by atoms with Crippen molar-refractivity contribution in [3.8, 4) is 0 Å². The van der Waals surface area contributed by atoms with Crippen molar-refractivity contribution in [2.24, 2.45) is 17.8 Å². The zero-order valence-electron chi connectivity index (χ0n) is 25.6. The van der Waals surface area contributed by atoms with Crippen LogP contribution in [0.15, 0.2) is 23.7 Å². The van der Waals surface area contributed by atoms with E-state index in [0.717, 1.165) is 40.2 Å². The molecule has 0 aromatic rings. The smallest absolute Gasteiger partial charge is 0.337 e. The lowest BCUT2D eigenvalue weighted by atomic mass is 9.83. The number of carbonyl (C=O) groups excluding carboxylic acids is 6. The van der Waals surface area contributed by atoms with Crippen LogP contribution in [-0.4, -0.2) is 86.5 Å². The molecule has 0 aromatic heterocycles. The fourth-order valence-corrected chi connectivity index (χ4v) is 5.66. The molecule has 1 saturated heterocycles. The molecule has 15 nitrogen and oxygen atoms in total. The van der Waals surface area contributed by atoms with Gasteiger partial charge in [0.2, 0.25) is 12.6 Å². The zero-order valence-corrected chi connectivity index (χ0v) is 25.6. The molecule has 244 valence electrons. The summed E-state index contributed by atoms with van der Waals surface area (Å²) in [5.74, 6) is -5.06. The summed E-state index contributed by atoms with van der Waals surface area (Å²) < 4.78 is 49.5. The minimum absolute atomic E-state index is 0.0356. The Labute approximate surface area is 254 Å². The predicted molar refractivity (Wildman–Crippen MR) is 143 cm³/mol. The molecule has 2 aliphatic heterocycles. The summed E-state index contributed by atoms with van der Waals surface area (Å²) in [7, 11) is 1.27. The van der Waals surface area contributed by atoms with Crippen LogP contribution in [0.2, 0.25) is 0 Å². The van der Waals surface area contributed by atoms with Gasteiger partial charge in [-0.15, -0.1) is 0 Å². The number of methoxy groups -OCH3 is 1. The van der Waals surface area contributed by atoms with Crippen LogP contribution in [0.4, 0.5) is 0 Å². The lowest BCUT2D eigenvalue weighted by Crippen LogP contribution is -2.63. The third-order valence-corrected chi connectivity index (χ3v) is 7.30. The largest absolute Gasteiger partial charge is 0.472 e. The summed E-state index contributed by atoms with van der Waals surface area (Å²) in [6.07, 6.45) is -4.50. The monoisotopic (exact) mass is 626 g/mol. The molecular weight excluding hydrogens is 588 g/mol. The van der Waals surface area contributed by atoms with Crippen LogP contribution in [0.3, 0.4) is 0 Å². The molecule has 0 N–H and O–H groups in total. The summed E-state index contributed by atoms with van der Waals surface area (Å²) in [6, 6.07) is 0. The topological polar surface area (TPSA) is 185 Å². The van der Waals surface area contributed by atoms with Crippen molar-refractivity contribution in [1.29, 1.82) is 0 Å². The quantitative estimate of drug-likeness (QED) is 0.147. The maximum Gasteiger partial charge on any atom is 0.337 e. The molecule has 44 heavy (non-hydrogen) atoms. The molecule has 2 heterocycles. The SMILES string of the molecule is COC(=O)C1=CO[C@H](O[C@@H]2O[C@H](COC(=O)/C=C(/C)OC(C)=O)[C@@H](OC(C)=O)[C@H](OC(C)=O)[C@H]2OC(C)=O)[C@H]2[C@@H](C)CC[C@@H]12. The molecule has 0 radical (unpaired) electrons. The summed E-state index contributed by atoms with van der Waals surface area (Å²) in [5, 5.41) is 0. The van der Waals surface area contributed by atoms with Crippen molar-refractivity contribution in [2.75, 3.05) is 13.7 Å². The zero-order chi connectivity index (χ0) is 32.7. The van der Waals surface area contributed by atoms with E-state index < -0.39 is 79.4 Å². The molecular formula is C29H38O15. The average molecular weight is 627 g/mol. The van der Waals surface area contributed by atoms with Crippen molar-refractivity contribution in [3.63, 3.8) is 0 Å². The maximum absolute atomic E-state index is 12.4. The van der Waals surface area contributed by atoms with Gasteiger partial charge in [0, 0.05) is 39.5 Å². The fraction of sp³-hybridized carbons (Fsp3) is 0.655. The van der Waals surface area contributed by atoms with E-state index in [1.165, 1.54) is 20.3 Å². The normalized spacial score (nSPS) is 31.3. The van der Waals surface area contributed by atoms with Gasteiger partial charge in [0.05, 0.1) is 25.0 Å². The number of carbonyl (C=O) groups is 6. The van der Waals surface area contributed by atoms with Gasteiger partial charge in [-0.3, -0.25) is 19.2 Å². The van der Waals surface area contributed by atoms with Crippen LogP contribution < -0.4 is 0 Å². The maximum atomic E-state index is 12.4. The molecule has 0 bridgehead atoms. The Morgan fingerprint density at radius 3 is 2.05 bits per heavy atom. The first-order chi connectivity index (χ1) is 20.7. The Balaban J connectivity index is 1.95. The highest BCUT2D eigenvalue weighted by Crippen LogP contribution is 2.47. The van der Waals surface area contributed by atoms with Crippen LogP contribution in [0, 0.1) is 17.8 Å². The number of rotatable bonds is 10. The van der Waals surface area contributed by atoms with Crippen LogP contribution in [0.5, 0.6) is 0 Å². The number of fused-ring (bicyclic) bond motifs is 1. The summed E-state index contributed by atoms with van der Waals surface area (Å²) in [6.45, 7) is 7.28. The molecule has 2 fully saturated rings. The van der Waals surface area contributed by atoms with Gasteiger partial charge in [0.25, 0.3) is 0 Å². The minimum Gasteiger partial charge on any atom is -0.472 e. The highest BCUT2D eigenvalue weighted by Gasteiger charge is 2.55. The van der Waals surface area contributed by atoms with Gasteiger partial charge in [-0.25, -0.2) is 9.59 Å². The van der Waals surface area contributed by atoms with Crippen LogP contribution in [0.1, 0.15) is 54.4 Å². The van der Waals surface area contributed by atoms with Crippen molar-refractivity contribution < 1.29 is 71.4 Å². The van der Waals surface area contributed by atoms with E-state index in [1.807, 2.05) is 6.92 Å². The summed E-state index contributed by atoms with van der Waals surface area (Å²) in [5.41, 5.74) is 0.359. The van der Waals surface area contributed by atoms with Gasteiger partial charge in [-0.05, 0) is 25.7 Å². The molecule has 1 saturated carbocycles. The number of allylic oxidation sites excluding steroid dienone is 1. The van der Waals surface area contributed by atoms with E-state index in [0.29, 0.717) is 12.0 Å². The standard InChI is InChI=1S/C29H38O15/c1-13-8-9-19-20(27(35)36-7)11-38-28(23(13)19)44-29-26(42-18(6)33)25(41-17(5)32)24(40-16(4)31)21(43-29)12-37-22(34)10-14(2)39-15(3)30/h10-11,13,19,21,23-26,28-29H,8-9,12H2,1-7H3/b14-10-/t13-,19-,21+,23-,24+,25-,26+,28+,29-/m0/s1. The first-order valence-corrected chi connectivity index (χ1v) is 14.0. The molecule has 1 aliphatic carbocycles. The van der Waals surface area contributed by atoms with Gasteiger partial charge in [-0.2, -0.15) is 0 Å². The van der Waals surface area contributed by atoms with Crippen molar-refractivity contribution in [3.05, 3.63) is 23.7 Å². The van der Waals surface area contributed by atoms with E-state index in [4.69, 9.17) is 42.6 Å². The number of hydrogen-bond donors (Lipinski definition) is 0. The van der Waals surface area contributed by atoms with Crippen molar-refractivity contribution in [1.82, 2.24) is 0 Å². The Hall–Kier alpha value is -3.98. The van der Waals surface area contributed by atoms with Gasteiger partial charge in [0.1, 0.15) is 18.5 Å². The molecule has 15 heteroatoms. The highest BCUT2D eigenvalue weighted by atomic mass is 16.8. The summed E-state index contributed by atoms with van der Waals surface area (Å²) in [4.78, 5) is 72.4. The Morgan fingerprint density at radius 1 is 0.841 bits per heavy atom. The lowest BCUT2D eigenvalue weighted by Gasteiger charge is -2.46. The van der Waals surface area contributed by atoms with Gasteiger partial charge in [-0.1, -0.05) is 6.92 Å². The third-order valence-electron chi connectivity index (χ3n) is 7.30. The molecule has 3 aliphatic rings. The van der Waals surface area contributed by atoms with Crippen LogP contribution >= 0.6 is 0 Å². The Morgan fingerprint density at radius 2 is 1.45 bits per heavy atom. The minimum atomic E-state index is -1.48. The molecule has 0 amide bonds. The fourth-order valence-electron chi connectivity index (χ4n) is 5.66. The van der Waals surface area contributed by atoms with E-state index in [9.17, 15) is 28.8 Å². The first kappa shape index (κ1) is 34.5. The number of hydrogen-bond acceptors (Lipinski definition) is 15. The van der Waals surface area contributed by atoms with E-state index >= 15 is 0 Å². The van der Waals surface area contributed by atoms with Crippen molar-refractivity contribution in [2.45, 2.75) is 91.4 Å². The van der Waals surface area contributed by atoms with Gasteiger partial charge >= 0.3 is 35.8 Å². The number of esters is 6. The molecule has 9 atom stereocenters. The second-order valence-corrected chi connectivity index (χ2v) is 10.7. The lowest BCUT2D eigenvalue weighted by molar-refractivity contribution is -0.344. The Bertz CT molecular complexity index is 1190. The van der Waals surface area contributed by atoms with Crippen LogP contribution in [0.25, 0.3) is 0 Å². The molecule has 0 unspecified atom stereocenters. The molecule has 0 spiro atoms. The molecule has 0 aromatic carbocycles. The second-order valence-electron chi connectivity index (χ2n) is 10.7. The van der Waals surface area contributed by atoms with Gasteiger partial charge < -0.3 is 42.6 Å². The molecule has 3 rings (SSSR count). The summed E-state index contributed by atoms with van der Waals surface area (Å²) >= 11 is 0. The average Bonchev–Trinajstić information content (AvgIpc) is 3.31. The van der Waals surface area contributed by atoms with Gasteiger partial charge in [0.15, 0.2) is 18.3 Å². The van der Waals surface area contributed by atoms with E-state index in [2.05, 4.69) is 0 Å². The number of ether oxygens (including phenoxy) is 9. The van der Waals surface area contributed by atoms with Crippen molar-refractivity contribution >= 4 is 35.8 Å². The third kappa shape index (κ3) is 8.78. The first-order valence-electron chi connectivity index (χ1n) is 14.0. The highest BCUT2D eigenvalue weighted by molar-refractivity contribution is 5.89. The second kappa shape index (κ2) is 15.1. The van der Waals surface area contributed by atoms with E-state index in [-0.39, 0.29) is 23.5 Å². The van der Waals surface area contributed by atoms with Crippen LogP contribution in [-0.2, 0) is 71.4 Å².